The average Bonchev–Trinajstić information content (AvgIpc) is 2.72. The van der Waals surface area contributed by atoms with Gasteiger partial charge in [-0.25, -0.2) is 0 Å². The third-order valence-electron chi connectivity index (χ3n) is 6.97. The van der Waals surface area contributed by atoms with Crippen molar-refractivity contribution in [3.8, 4) is 0 Å². The van der Waals surface area contributed by atoms with E-state index in [1.54, 1.807) is 0 Å². The van der Waals surface area contributed by atoms with Crippen LogP contribution in [0.3, 0.4) is 0 Å². The van der Waals surface area contributed by atoms with Gasteiger partial charge in [-0.15, -0.1) is 0 Å². The normalized spacial score (nSPS) is 15.0. The van der Waals surface area contributed by atoms with E-state index < -0.39 is 0 Å². The Morgan fingerprint density at radius 3 is 1.20 bits per heavy atom. The maximum Gasteiger partial charge on any atom is -0.0316 e. The smallest absolute Gasteiger partial charge is 0.0316 e. The quantitative estimate of drug-likeness (QED) is 0.145. The maximum absolute atomic E-state index is 3.97. The molecule has 0 saturated heterocycles. The molecule has 30 heavy (non-hydrogen) atoms. The van der Waals surface area contributed by atoms with Crippen molar-refractivity contribution in [3.05, 3.63) is 26.0 Å². The molecule has 2 radical (unpaired) electrons. The molecular formula is C30H58. The average molecular weight is 419 g/mol. The van der Waals surface area contributed by atoms with Gasteiger partial charge in [-0.1, -0.05) is 155 Å². The third-order valence-corrected chi connectivity index (χ3v) is 6.97. The second kappa shape index (κ2) is 23.4. The minimum absolute atomic E-state index is 0.891. The van der Waals surface area contributed by atoms with Gasteiger partial charge in [0.2, 0.25) is 0 Å². The van der Waals surface area contributed by atoms with Crippen LogP contribution in [0.2, 0.25) is 0 Å². The van der Waals surface area contributed by atoms with Crippen LogP contribution in [0.4, 0.5) is 0 Å². The fourth-order valence-corrected chi connectivity index (χ4v) is 4.69. The molecule has 0 aromatic heterocycles. The second-order valence-corrected chi connectivity index (χ2v) is 10.4. The first-order valence-corrected chi connectivity index (χ1v) is 13.8. The molecule has 0 aliphatic rings. The molecule has 0 heterocycles. The summed E-state index contributed by atoms with van der Waals surface area (Å²) in [5, 5.41) is 0. The Hall–Kier alpha value is -0.260. The predicted molar refractivity (Wildman–Crippen MR) is 140 cm³/mol. The van der Waals surface area contributed by atoms with E-state index in [1.807, 2.05) is 6.08 Å². The van der Waals surface area contributed by atoms with E-state index >= 15 is 0 Å². The molecule has 3 unspecified atom stereocenters. The van der Waals surface area contributed by atoms with Crippen LogP contribution in [0, 0.1) is 31.6 Å². The zero-order valence-electron chi connectivity index (χ0n) is 21.4. The Bertz CT molecular complexity index is 342. The summed E-state index contributed by atoms with van der Waals surface area (Å²) < 4.78 is 0. The van der Waals surface area contributed by atoms with E-state index in [9.17, 15) is 0 Å². The first-order valence-electron chi connectivity index (χ1n) is 13.8. The fourth-order valence-electron chi connectivity index (χ4n) is 4.69. The summed E-state index contributed by atoms with van der Waals surface area (Å²) >= 11 is 0. The lowest BCUT2D eigenvalue weighted by Gasteiger charge is -2.12. The molecule has 0 aliphatic heterocycles. The largest absolute Gasteiger partial charge is 0.0885 e. The number of rotatable bonds is 23. The summed E-state index contributed by atoms with van der Waals surface area (Å²) in [6.45, 7) is 15.0. The highest BCUT2D eigenvalue weighted by molar-refractivity contribution is 4.83. The van der Waals surface area contributed by atoms with E-state index in [4.69, 9.17) is 0 Å². The molecule has 0 heteroatoms. The van der Waals surface area contributed by atoms with Crippen LogP contribution in [0.1, 0.15) is 149 Å². The molecule has 0 bridgehead atoms. The lowest BCUT2D eigenvalue weighted by molar-refractivity contribution is 0.419. The molecule has 0 nitrogen and oxygen atoms in total. The van der Waals surface area contributed by atoms with Crippen molar-refractivity contribution in [2.45, 2.75) is 149 Å². The van der Waals surface area contributed by atoms with Crippen LogP contribution in [0.5, 0.6) is 0 Å². The van der Waals surface area contributed by atoms with Gasteiger partial charge in [0, 0.05) is 0 Å². The monoisotopic (exact) mass is 418 g/mol. The summed E-state index contributed by atoms with van der Waals surface area (Å²) in [7, 11) is 0. The van der Waals surface area contributed by atoms with Crippen molar-refractivity contribution in [1.82, 2.24) is 0 Å². The maximum atomic E-state index is 3.97. The van der Waals surface area contributed by atoms with Gasteiger partial charge in [0.1, 0.15) is 0 Å². The summed E-state index contributed by atoms with van der Waals surface area (Å²) in [6.07, 6.45) is 32.2. The van der Waals surface area contributed by atoms with Gasteiger partial charge < -0.3 is 0 Å². The molecule has 0 saturated carbocycles. The van der Waals surface area contributed by atoms with Gasteiger partial charge in [-0.2, -0.15) is 0 Å². The number of hydrogen-bond acceptors (Lipinski definition) is 0. The van der Waals surface area contributed by atoms with Gasteiger partial charge in [-0.3, -0.25) is 0 Å². The van der Waals surface area contributed by atoms with E-state index in [2.05, 4.69) is 40.7 Å². The topological polar surface area (TPSA) is 0 Å². The molecule has 0 fully saturated rings. The van der Waals surface area contributed by atoms with Crippen molar-refractivity contribution < 1.29 is 0 Å². The highest BCUT2D eigenvalue weighted by atomic mass is 14.1. The van der Waals surface area contributed by atoms with Crippen LogP contribution in [-0.2, 0) is 0 Å². The lowest BCUT2D eigenvalue weighted by Crippen LogP contribution is -1.96. The molecule has 0 rings (SSSR count). The van der Waals surface area contributed by atoms with Crippen LogP contribution < -0.4 is 0 Å². The standard InChI is InChI=1S/C30H58/c1-6-8-9-17-24-29(4)25-19-13-10-11-14-20-26-30(5)27-21-16-12-15-18-23-28(3)22-7-2/h6,8,28-30H,1-2,7,9-27H2,3-5H3/b8-6+. The molecular weight excluding hydrogens is 360 g/mol. The van der Waals surface area contributed by atoms with E-state index in [1.165, 1.54) is 122 Å². The van der Waals surface area contributed by atoms with Crippen molar-refractivity contribution >= 4 is 0 Å². The minimum Gasteiger partial charge on any atom is -0.0885 e. The van der Waals surface area contributed by atoms with Gasteiger partial charge in [0.25, 0.3) is 0 Å². The Morgan fingerprint density at radius 2 is 0.833 bits per heavy atom. The van der Waals surface area contributed by atoms with E-state index in [-0.39, 0.29) is 0 Å². The molecule has 0 aliphatic carbocycles. The molecule has 0 aromatic rings. The predicted octanol–water partition coefficient (Wildman–Crippen LogP) is 10.9. The summed E-state index contributed by atoms with van der Waals surface area (Å²) in [6, 6.07) is 0. The number of hydrogen-bond donors (Lipinski definition) is 0. The molecule has 0 N–H and O–H groups in total. The summed E-state index contributed by atoms with van der Waals surface area (Å²) in [5.74, 6) is 2.75. The number of unbranched alkanes of at least 4 members (excludes halogenated alkanes) is 10. The summed E-state index contributed by atoms with van der Waals surface area (Å²) in [5.41, 5.74) is 0. The number of allylic oxidation sites excluding steroid dienone is 2. The molecule has 178 valence electrons. The van der Waals surface area contributed by atoms with Crippen LogP contribution in [0.25, 0.3) is 0 Å². The van der Waals surface area contributed by atoms with Crippen molar-refractivity contribution in [2.75, 3.05) is 0 Å². The van der Waals surface area contributed by atoms with Gasteiger partial charge in [0.05, 0.1) is 0 Å². The first kappa shape index (κ1) is 29.7. The van der Waals surface area contributed by atoms with Gasteiger partial charge in [0.15, 0.2) is 0 Å². The zero-order chi connectivity index (χ0) is 22.3. The molecule has 0 aromatic carbocycles. The van der Waals surface area contributed by atoms with Crippen molar-refractivity contribution in [1.29, 1.82) is 0 Å². The SMILES string of the molecule is [CH2]/C=C/CCCC(C)CCCCCCCCC(C)CCCCCCCC(C)CC[CH2]. The summed E-state index contributed by atoms with van der Waals surface area (Å²) in [4.78, 5) is 0. The van der Waals surface area contributed by atoms with Gasteiger partial charge >= 0.3 is 0 Å². The van der Waals surface area contributed by atoms with Crippen molar-refractivity contribution in [3.63, 3.8) is 0 Å². The Morgan fingerprint density at radius 1 is 0.500 bits per heavy atom. The van der Waals surface area contributed by atoms with Crippen LogP contribution in [0.15, 0.2) is 12.2 Å². The Kier molecular flexibility index (Phi) is 23.2. The molecule has 0 spiro atoms. The van der Waals surface area contributed by atoms with E-state index in [0.717, 1.165) is 24.2 Å². The van der Waals surface area contributed by atoms with E-state index in [0.29, 0.717) is 0 Å². The second-order valence-electron chi connectivity index (χ2n) is 10.4. The fraction of sp³-hybridized carbons (Fsp3) is 0.867. The van der Waals surface area contributed by atoms with Crippen LogP contribution >= 0.6 is 0 Å². The van der Waals surface area contributed by atoms with Gasteiger partial charge in [-0.05, 0) is 37.5 Å². The highest BCUT2D eigenvalue weighted by Crippen LogP contribution is 2.21. The highest BCUT2D eigenvalue weighted by Gasteiger charge is 2.04. The van der Waals surface area contributed by atoms with Crippen LogP contribution in [-0.4, -0.2) is 0 Å². The Balaban J connectivity index is 3.29. The molecule has 0 amide bonds. The zero-order valence-corrected chi connectivity index (χ0v) is 21.4. The lowest BCUT2D eigenvalue weighted by atomic mass is 9.94. The Labute approximate surface area is 193 Å². The minimum atomic E-state index is 0.891. The molecule has 3 atom stereocenters. The first-order chi connectivity index (χ1) is 14.6. The third kappa shape index (κ3) is 22.4. The van der Waals surface area contributed by atoms with Crippen molar-refractivity contribution in [2.24, 2.45) is 17.8 Å².